The normalized spacial score (nSPS) is 12.4. The summed E-state index contributed by atoms with van der Waals surface area (Å²) in [6.07, 6.45) is 0.450. The van der Waals surface area contributed by atoms with E-state index in [0.717, 1.165) is 16.3 Å². The molecule has 0 radical (unpaired) electrons. The molecule has 0 bridgehead atoms. The Bertz CT molecular complexity index is 855. The summed E-state index contributed by atoms with van der Waals surface area (Å²) in [5.74, 6) is -2.07. The zero-order chi connectivity index (χ0) is 20.7. The molecule has 0 heterocycles. The van der Waals surface area contributed by atoms with Crippen LogP contribution in [0.4, 0.5) is 0 Å². The highest BCUT2D eigenvalue weighted by atomic mass is 16.4. The Balaban J connectivity index is 1.86. The highest BCUT2D eigenvalue weighted by molar-refractivity contribution is 5.84. The molecule has 0 saturated carbocycles. The predicted molar refractivity (Wildman–Crippen MR) is 109 cm³/mol. The van der Waals surface area contributed by atoms with Crippen LogP contribution < -0.4 is 10.6 Å². The van der Waals surface area contributed by atoms with Gasteiger partial charge in [0.05, 0.1) is 5.92 Å². The van der Waals surface area contributed by atoms with Crippen LogP contribution in [-0.4, -0.2) is 36.0 Å². The van der Waals surface area contributed by atoms with Gasteiger partial charge in [-0.3, -0.25) is 14.4 Å². The lowest BCUT2D eigenvalue weighted by Crippen LogP contribution is -2.39. The number of carboxylic acid groups (broad SMARTS) is 1. The first-order chi connectivity index (χ1) is 13.2. The number of carbonyl (C=O) groups excluding carboxylic acids is 2. The summed E-state index contributed by atoms with van der Waals surface area (Å²) in [6, 6.07) is 13.8. The minimum Gasteiger partial charge on any atom is -0.481 e. The predicted octanol–water partition coefficient (Wildman–Crippen LogP) is 2.75. The van der Waals surface area contributed by atoms with Crippen molar-refractivity contribution in [3.63, 3.8) is 0 Å². The lowest BCUT2D eigenvalue weighted by molar-refractivity contribution is -0.141. The van der Waals surface area contributed by atoms with Crippen molar-refractivity contribution in [2.75, 3.05) is 13.1 Å². The van der Waals surface area contributed by atoms with Gasteiger partial charge < -0.3 is 15.7 Å². The van der Waals surface area contributed by atoms with Gasteiger partial charge in [0.15, 0.2) is 0 Å². The molecule has 0 aliphatic heterocycles. The Kier molecular flexibility index (Phi) is 7.15. The molecule has 0 spiro atoms. The summed E-state index contributed by atoms with van der Waals surface area (Å²) in [4.78, 5) is 35.3. The molecule has 3 N–H and O–H groups in total. The maximum Gasteiger partial charge on any atom is 0.308 e. The van der Waals surface area contributed by atoms with Gasteiger partial charge in [-0.15, -0.1) is 0 Å². The van der Waals surface area contributed by atoms with Crippen molar-refractivity contribution in [3.05, 3.63) is 48.0 Å². The molecule has 0 aliphatic carbocycles. The number of nitrogens with one attached hydrogen (secondary N) is 2. The van der Waals surface area contributed by atoms with Gasteiger partial charge in [0, 0.05) is 24.9 Å². The van der Waals surface area contributed by atoms with E-state index in [1.807, 2.05) is 42.5 Å². The molecule has 2 amide bonds. The molecule has 2 aromatic carbocycles. The summed E-state index contributed by atoms with van der Waals surface area (Å²) in [5.41, 5.74) is 0.405. The van der Waals surface area contributed by atoms with Crippen molar-refractivity contribution in [3.8, 4) is 0 Å². The largest absolute Gasteiger partial charge is 0.481 e. The van der Waals surface area contributed by atoms with Crippen molar-refractivity contribution in [1.29, 1.82) is 0 Å². The third-order valence-electron chi connectivity index (χ3n) is 4.51. The number of carboxylic acids is 1. The number of amides is 2. The van der Waals surface area contributed by atoms with E-state index in [2.05, 4.69) is 10.6 Å². The number of aliphatic carboxylic acids is 1. The number of hydrogen-bond donors (Lipinski definition) is 3. The molecule has 0 fully saturated rings. The van der Waals surface area contributed by atoms with Crippen molar-refractivity contribution in [2.45, 2.75) is 33.6 Å². The van der Waals surface area contributed by atoms with Crippen molar-refractivity contribution >= 4 is 28.6 Å². The average molecular weight is 384 g/mol. The third kappa shape index (κ3) is 6.37. The van der Waals surface area contributed by atoms with E-state index in [-0.39, 0.29) is 31.3 Å². The van der Waals surface area contributed by atoms with Crippen LogP contribution in [0.1, 0.15) is 32.8 Å². The van der Waals surface area contributed by atoms with E-state index in [0.29, 0.717) is 6.42 Å². The fraction of sp³-hybridized carbons (Fsp3) is 0.409. The maximum absolute atomic E-state index is 12.0. The summed E-state index contributed by atoms with van der Waals surface area (Å²) in [6.45, 7) is 5.67. The van der Waals surface area contributed by atoms with Gasteiger partial charge in [-0.1, -0.05) is 63.2 Å². The lowest BCUT2D eigenvalue weighted by Gasteiger charge is -2.18. The number of benzene rings is 2. The van der Waals surface area contributed by atoms with E-state index >= 15 is 0 Å². The fourth-order valence-electron chi connectivity index (χ4n) is 2.78. The third-order valence-corrected chi connectivity index (χ3v) is 4.51. The van der Waals surface area contributed by atoms with E-state index < -0.39 is 17.3 Å². The quantitative estimate of drug-likeness (QED) is 0.652. The summed E-state index contributed by atoms with van der Waals surface area (Å²) in [5, 5.41) is 17.0. The first-order valence-electron chi connectivity index (χ1n) is 9.42. The second kappa shape index (κ2) is 9.35. The minimum absolute atomic E-state index is 0.0498. The first kappa shape index (κ1) is 21.4. The molecule has 1 unspecified atom stereocenters. The van der Waals surface area contributed by atoms with Gasteiger partial charge in [0.25, 0.3) is 0 Å². The van der Waals surface area contributed by atoms with Crippen LogP contribution in [0.2, 0.25) is 0 Å². The van der Waals surface area contributed by atoms with Gasteiger partial charge in [0.2, 0.25) is 11.8 Å². The van der Waals surface area contributed by atoms with Crippen molar-refractivity contribution in [2.24, 2.45) is 11.3 Å². The Morgan fingerprint density at radius 3 is 2.32 bits per heavy atom. The molecule has 0 saturated heterocycles. The van der Waals surface area contributed by atoms with Crippen LogP contribution in [-0.2, 0) is 20.8 Å². The molecule has 6 nitrogen and oxygen atoms in total. The molecule has 150 valence electrons. The van der Waals surface area contributed by atoms with Crippen LogP contribution in [0.25, 0.3) is 10.8 Å². The summed E-state index contributed by atoms with van der Waals surface area (Å²) in [7, 11) is 0. The molecular formula is C22H28N2O4. The summed E-state index contributed by atoms with van der Waals surface area (Å²) >= 11 is 0. The van der Waals surface area contributed by atoms with Gasteiger partial charge >= 0.3 is 5.97 Å². The molecule has 1 atom stereocenters. The fourth-order valence-corrected chi connectivity index (χ4v) is 2.78. The molecule has 28 heavy (non-hydrogen) atoms. The van der Waals surface area contributed by atoms with E-state index in [1.54, 1.807) is 20.8 Å². The lowest BCUT2D eigenvalue weighted by atomic mass is 9.96. The van der Waals surface area contributed by atoms with Crippen LogP contribution in [0, 0.1) is 11.3 Å². The number of carbonyl (C=O) groups is 3. The number of hydrogen-bond acceptors (Lipinski definition) is 3. The second-order valence-corrected chi connectivity index (χ2v) is 7.98. The topological polar surface area (TPSA) is 95.5 Å². The zero-order valence-electron chi connectivity index (χ0n) is 16.6. The molecular weight excluding hydrogens is 356 g/mol. The van der Waals surface area contributed by atoms with Crippen molar-refractivity contribution in [1.82, 2.24) is 10.6 Å². The van der Waals surface area contributed by atoms with E-state index in [1.165, 1.54) is 0 Å². The Hall–Kier alpha value is -2.89. The summed E-state index contributed by atoms with van der Waals surface area (Å²) < 4.78 is 0. The van der Waals surface area contributed by atoms with Crippen LogP contribution in [0.15, 0.2) is 42.5 Å². The monoisotopic (exact) mass is 384 g/mol. The van der Waals surface area contributed by atoms with E-state index in [4.69, 9.17) is 0 Å². The standard InChI is InChI=1S/C22H28N2O4/c1-22(2,3)21(28)23-11-10-19(25)24-14-18(20(26)27)13-15-8-9-16-6-4-5-7-17(16)12-15/h4-9,12,18H,10-11,13-14H2,1-3H3,(H,23,28)(H,24,25)(H,26,27). The Morgan fingerprint density at radius 2 is 1.68 bits per heavy atom. The molecule has 0 aromatic heterocycles. The zero-order valence-corrected chi connectivity index (χ0v) is 16.6. The Morgan fingerprint density at radius 1 is 1.00 bits per heavy atom. The molecule has 6 heteroatoms. The highest BCUT2D eigenvalue weighted by Gasteiger charge is 2.21. The van der Waals surface area contributed by atoms with Gasteiger partial charge in [-0.2, -0.15) is 0 Å². The highest BCUT2D eigenvalue weighted by Crippen LogP contribution is 2.18. The molecule has 0 aliphatic rings. The van der Waals surface area contributed by atoms with Gasteiger partial charge in [-0.05, 0) is 22.8 Å². The van der Waals surface area contributed by atoms with Crippen LogP contribution >= 0.6 is 0 Å². The average Bonchev–Trinajstić information content (AvgIpc) is 2.63. The smallest absolute Gasteiger partial charge is 0.308 e. The molecule has 2 aromatic rings. The number of rotatable bonds is 8. The SMILES string of the molecule is CC(C)(C)C(=O)NCCC(=O)NCC(Cc1ccc2ccccc2c1)C(=O)O. The van der Waals surface area contributed by atoms with E-state index in [9.17, 15) is 19.5 Å². The number of fused-ring (bicyclic) bond motifs is 1. The first-order valence-corrected chi connectivity index (χ1v) is 9.42. The van der Waals surface area contributed by atoms with Gasteiger partial charge in [0.1, 0.15) is 0 Å². The van der Waals surface area contributed by atoms with Crippen molar-refractivity contribution < 1.29 is 19.5 Å². The molecule has 2 rings (SSSR count). The van der Waals surface area contributed by atoms with Crippen LogP contribution in [0.3, 0.4) is 0 Å². The maximum atomic E-state index is 12.0. The van der Waals surface area contributed by atoms with Gasteiger partial charge in [-0.25, -0.2) is 0 Å². The Labute approximate surface area is 165 Å². The minimum atomic E-state index is -0.950. The van der Waals surface area contributed by atoms with Crippen LogP contribution in [0.5, 0.6) is 0 Å². The second-order valence-electron chi connectivity index (χ2n) is 7.98.